The Hall–Kier alpha value is -3.51. The Morgan fingerprint density at radius 1 is 0.943 bits per heavy atom. The minimum Gasteiger partial charge on any atom is -0.469 e. The number of anilines is 1. The molecule has 4 nitrogen and oxygen atoms in total. The first kappa shape index (κ1) is 23.2. The van der Waals surface area contributed by atoms with E-state index in [0.717, 1.165) is 0 Å². The maximum Gasteiger partial charge on any atom is 0.308 e. The molecule has 1 saturated heterocycles. The van der Waals surface area contributed by atoms with Gasteiger partial charge in [0.2, 0.25) is 0 Å². The topological polar surface area (TPSA) is 42.4 Å². The van der Waals surface area contributed by atoms with E-state index in [1.165, 1.54) is 19.2 Å². The molecule has 1 aliphatic heterocycles. The third-order valence-corrected chi connectivity index (χ3v) is 6.78. The zero-order chi connectivity index (χ0) is 24.5. The van der Waals surface area contributed by atoms with Crippen LogP contribution in [0.25, 0.3) is 33.2 Å². The highest BCUT2D eigenvalue weighted by Gasteiger charge is 2.30. The van der Waals surface area contributed by atoms with Crippen LogP contribution >= 0.6 is 11.6 Å². The third-order valence-electron chi connectivity index (χ3n) is 6.54. The van der Waals surface area contributed by atoms with Gasteiger partial charge in [0.15, 0.2) is 0 Å². The van der Waals surface area contributed by atoms with Crippen molar-refractivity contribution < 1.29 is 18.3 Å². The fourth-order valence-corrected chi connectivity index (χ4v) is 4.98. The largest absolute Gasteiger partial charge is 0.469 e. The van der Waals surface area contributed by atoms with Crippen LogP contribution in [0.15, 0.2) is 66.7 Å². The van der Waals surface area contributed by atoms with Crippen molar-refractivity contribution in [3.8, 4) is 22.3 Å². The number of rotatable bonds is 4. The summed E-state index contributed by atoms with van der Waals surface area (Å²) < 4.78 is 35.4. The average molecular weight is 493 g/mol. The summed E-state index contributed by atoms with van der Waals surface area (Å²) in [5, 5.41) is 1.11. The first-order valence-electron chi connectivity index (χ1n) is 11.4. The first-order valence-corrected chi connectivity index (χ1v) is 11.8. The van der Waals surface area contributed by atoms with Gasteiger partial charge >= 0.3 is 5.97 Å². The zero-order valence-corrected chi connectivity index (χ0v) is 19.9. The van der Waals surface area contributed by atoms with E-state index in [-0.39, 0.29) is 11.9 Å². The average Bonchev–Trinajstić information content (AvgIpc) is 2.88. The lowest BCUT2D eigenvalue weighted by atomic mass is 9.89. The van der Waals surface area contributed by atoms with Gasteiger partial charge in [-0.25, -0.2) is 13.8 Å². The lowest BCUT2D eigenvalue weighted by Crippen LogP contribution is -2.37. The molecule has 0 amide bonds. The number of carbonyl (C=O) groups is 1. The van der Waals surface area contributed by atoms with E-state index in [2.05, 4.69) is 0 Å². The van der Waals surface area contributed by atoms with Crippen LogP contribution in [-0.2, 0) is 9.53 Å². The second-order valence-corrected chi connectivity index (χ2v) is 9.03. The normalized spacial score (nSPS) is 14.3. The number of esters is 1. The Morgan fingerprint density at radius 2 is 1.54 bits per heavy atom. The highest BCUT2D eigenvalue weighted by atomic mass is 35.5. The molecule has 0 atom stereocenters. The van der Waals surface area contributed by atoms with E-state index in [1.54, 1.807) is 54.6 Å². The molecule has 0 unspecified atom stereocenters. The predicted octanol–water partition coefficient (Wildman–Crippen LogP) is 6.89. The molecule has 7 heteroatoms. The lowest BCUT2D eigenvalue weighted by Gasteiger charge is -2.34. The van der Waals surface area contributed by atoms with Crippen molar-refractivity contribution in [2.45, 2.75) is 12.8 Å². The van der Waals surface area contributed by atoms with Gasteiger partial charge in [0.25, 0.3) is 0 Å². The van der Waals surface area contributed by atoms with Crippen molar-refractivity contribution in [2.24, 2.45) is 5.92 Å². The zero-order valence-electron chi connectivity index (χ0n) is 19.1. The number of piperidine rings is 1. The molecular formula is C28H23ClF2N2O2. The Balaban J connectivity index is 1.80. The fourth-order valence-electron chi connectivity index (χ4n) is 4.81. The molecule has 0 radical (unpaired) electrons. The summed E-state index contributed by atoms with van der Waals surface area (Å²) in [5.41, 5.74) is 2.32. The lowest BCUT2D eigenvalue weighted by molar-refractivity contribution is -0.146. The summed E-state index contributed by atoms with van der Waals surface area (Å²) in [5.74, 6) is -0.732. The minimum atomic E-state index is -0.432. The molecule has 5 rings (SSSR count). The van der Waals surface area contributed by atoms with E-state index in [0.29, 0.717) is 69.9 Å². The summed E-state index contributed by atoms with van der Waals surface area (Å²) in [6, 6.07) is 18.1. The van der Waals surface area contributed by atoms with Crippen molar-refractivity contribution in [3.05, 3.63) is 83.4 Å². The molecular weight excluding hydrogens is 470 g/mol. The van der Waals surface area contributed by atoms with Crippen LogP contribution < -0.4 is 4.90 Å². The molecule has 0 bridgehead atoms. The Labute approximate surface area is 207 Å². The second-order valence-electron chi connectivity index (χ2n) is 8.59. The van der Waals surface area contributed by atoms with Gasteiger partial charge in [-0.15, -0.1) is 0 Å². The molecule has 4 aromatic rings. The molecule has 35 heavy (non-hydrogen) atoms. The van der Waals surface area contributed by atoms with Gasteiger partial charge in [0.05, 0.1) is 18.5 Å². The number of hydrogen-bond donors (Lipinski definition) is 0. The first-order chi connectivity index (χ1) is 17.0. The molecule has 0 saturated carbocycles. The van der Waals surface area contributed by atoms with Crippen LogP contribution in [0, 0.1) is 17.6 Å². The van der Waals surface area contributed by atoms with Gasteiger partial charge in [-0.1, -0.05) is 48.0 Å². The van der Waals surface area contributed by atoms with Crippen molar-refractivity contribution >= 4 is 34.3 Å². The summed E-state index contributed by atoms with van der Waals surface area (Å²) >= 11 is 6.35. The van der Waals surface area contributed by atoms with Crippen molar-refractivity contribution in [1.82, 2.24) is 4.98 Å². The van der Waals surface area contributed by atoms with Crippen molar-refractivity contribution in [3.63, 3.8) is 0 Å². The molecule has 3 aromatic carbocycles. The number of nitrogens with zero attached hydrogens (tertiary/aromatic N) is 2. The van der Waals surface area contributed by atoms with Gasteiger partial charge < -0.3 is 9.64 Å². The van der Waals surface area contributed by atoms with Crippen LogP contribution in [0.5, 0.6) is 0 Å². The molecule has 0 spiro atoms. The SMILES string of the molecule is COC(=O)C1CCN(c2nc3ccc(Cl)cc3c(-c3ccccc3F)c2-c2ccccc2F)CC1. The molecule has 2 heterocycles. The van der Waals surface area contributed by atoms with Gasteiger partial charge in [0.1, 0.15) is 17.5 Å². The number of benzene rings is 3. The van der Waals surface area contributed by atoms with Crippen LogP contribution in [-0.4, -0.2) is 31.2 Å². The van der Waals surface area contributed by atoms with E-state index in [4.69, 9.17) is 21.3 Å². The number of halogens is 3. The number of methoxy groups -OCH3 is 1. The summed E-state index contributed by atoms with van der Waals surface area (Å²) in [4.78, 5) is 19.0. The number of aromatic nitrogens is 1. The van der Waals surface area contributed by atoms with Crippen LogP contribution in [0.1, 0.15) is 12.8 Å². The highest BCUT2D eigenvalue weighted by molar-refractivity contribution is 6.31. The molecule has 1 aromatic heterocycles. The highest BCUT2D eigenvalue weighted by Crippen LogP contribution is 2.45. The number of fused-ring (bicyclic) bond motifs is 1. The van der Waals surface area contributed by atoms with Crippen molar-refractivity contribution in [2.75, 3.05) is 25.1 Å². The quantitative estimate of drug-likeness (QED) is 0.291. The Kier molecular flexibility index (Phi) is 6.39. The molecule has 0 N–H and O–H groups in total. The predicted molar refractivity (Wildman–Crippen MR) is 134 cm³/mol. The maximum absolute atomic E-state index is 15.3. The molecule has 1 fully saturated rings. The summed E-state index contributed by atoms with van der Waals surface area (Å²) in [6.45, 7) is 1.06. The number of hydrogen-bond acceptors (Lipinski definition) is 4. The Morgan fingerprint density at radius 3 is 2.14 bits per heavy atom. The fraction of sp³-hybridized carbons (Fsp3) is 0.214. The van der Waals surface area contributed by atoms with Gasteiger partial charge in [-0.05, 0) is 43.2 Å². The maximum atomic E-state index is 15.3. The van der Waals surface area contributed by atoms with Crippen LogP contribution in [0.3, 0.4) is 0 Å². The second kappa shape index (κ2) is 9.62. The van der Waals surface area contributed by atoms with E-state index < -0.39 is 11.6 Å². The van der Waals surface area contributed by atoms with Crippen LogP contribution in [0.4, 0.5) is 14.6 Å². The van der Waals surface area contributed by atoms with Crippen LogP contribution in [0.2, 0.25) is 5.02 Å². The van der Waals surface area contributed by atoms with E-state index in [1.807, 2.05) is 4.90 Å². The third kappa shape index (κ3) is 4.34. The molecule has 178 valence electrons. The van der Waals surface area contributed by atoms with Gasteiger partial charge in [-0.3, -0.25) is 4.79 Å². The minimum absolute atomic E-state index is 0.196. The smallest absolute Gasteiger partial charge is 0.308 e. The monoisotopic (exact) mass is 492 g/mol. The summed E-state index contributed by atoms with van der Waals surface area (Å²) in [6.07, 6.45) is 1.16. The number of pyridine rings is 1. The number of carbonyl (C=O) groups excluding carboxylic acids is 1. The van der Waals surface area contributed by atoms with Crippen molar-refractivity contribution in [1.29, 1.82) is 0 Å². The number of ether oxygens (including phenoxy) is 1. The van der Waals surface area contributed by atoms with Gasteiger partial charge in [-0.2, -0.15) is 0 Å². The van der Waals surface area contributed by atoms with Gasteiger partial charge in [0, 0.05) is 45.8 Å². The molecule has 0 aliphatic carbocycles. The Bertz CT molecular complexity index is 1420. The standard InChI is InChI=1S/C28H23ClF2N2O2/c1-35-28(34)17-12-14-33(15-13-17)27-26(20-7-3-5-9-23(20)31)25(19-6-2-4-8-22(19)30)21-16-18(29)10-11-24(21)32-27/h2-11,16-17H,12-15H2,1H3. The van der Waals surface area contributed by atoms with E-state index >= 15 is 8.78 Å². The molecule has 1 aliphatic rings. The summed E-state index contributed by atoms with van der Waals surface area (Å²) in [7, 11) is 1.39. The van der Waals surface area contributed by atoms with E-state index in [9.17, 15) is 4.79 Å².